The normalized spacial score (nSPS) is 11.9. The van der Waals surface area contributed by atoms with Crippen molar-refractivity contribution in [1.82, 2.24) is 0 Å². The second-order valence-corrected chi connectivity index (χ2v) is 3.73. The molecule has 17 heavy (non-hydrogen) atoms. The lowest BCUT2D eigenvalue weighted by Gasteiger charge is -2.10. The molecule has 1 rings (SSSR count). The van der Waals surface area contributed by atoms with Gasteiger partial charge in [0.1, 0.15) is 6.10 Å². The molecule has 0 aliphatic carbocycles. The van der Waals surface area contributed by atoms with E-state index in [1.54, 1.807) is 13.8 Å². The van der Waals surface area contributed by atoms with E-state index < -0.39 is 18.0 Å². The van der Waals surface area contributed by atoms with Crippen LogP contribution in [0, 0.1) is 6.92 Å². The number of aromatic carboxylic acids is 1. The van der Waals surface area contributed by atoms with Crippen LogP contribution in [-0.2, 0) is 4.74 Å². The summed E-state index contributed by atoms with van der Waals surface area (Å²) >= 11 is 0. The van der Waals surface area contributed by atoms with Gasteiger partial charge in [-0.2, -0.15) is 0 Å². The monoisotopic (exact) mass is 238 g/mol. The molecule has 1 aromatic carbocycles. The van der Waals surface area contributed by atoms with Gasteiger partial charge >= 0.3 is 11.9 Å². The Morgan fingerprint density at radius 1 is 1.41 bits per heavy atom. The van der Waals surface area contributed by atoms with Crippen molar-refractivity contribution in [2.24, 2.45) is 0 Å². The number of hydrogen-bond donors (Lipinski definition) is 2. The molecule has 0 saturated carbocycles. The molecule has 0 spiro atoms. The Hall–Kier alpha value is -1.88. The fraction of sp³-hybridized carbons (Fsp3) is 0.333. The highest BCUT2D eigenvalue weighted by Crippen LogP contribution is 2.12. The van der Waals surface area contributed by atoms with E-state index in [9.17, 15) is 9.59 Å². The van der Waals surface area contributed by atoms with Crippen molar-refractivity contribution < 1.29 is 24.5 Å². The second kappa shape index (κ2) is 5.45. The van der Waals surface area contributed by atoms with E-state index in [4.69, 9.17) is 14.9 Å². The van der Waals surface area contributed by atoms with Crippen LogP contribution in [-0.4, -0.2) is 34.9 Å². The maximum Gasteiger partial charge on any atom is 0.338 e. The molecule has 92 valence electrons. The summed E-state index contributed by atoms with van der Waals surface area (Å²) in [6, 6.07) is 4.20. The van der Waals surface area contributed by atoms with Gasteiger partial charge in [0, 0.05) is 0 Å². The number of aliphatic hydroxyl groups excluding tert-OH is 1. The summed E-state index contributed by atoms with van der Waals surface area (Å²) in [5, 5.41) is 17.6. The van der Waals surface area contributed by atoms with E-state index in [2.05, 4.69) is 0 Å². The Balaban J connectivity index is 2.90. The first kappa shape index (κ1) is 13.2. The molecule has 1 atom stereocenters. The molecule has 5 heteroatoms. The molecule has 1 aromatic rings. The third-order valence-corrected chi connectivity index (χ3v) is 2.26. The Morgan fingerprint density at radius 3 is 2.53 bits per heavy atom. The van der Waals surface area contributed by atoms with Gasteiger partial charge in [0.25, 0.3) is 0 Å². The predicted octanol–water partition coefficient (Wildman–Crippen LogP) is 1.23. The number of carbonyl (C=O) groups is 2. The predicted molar refractivity (Wildman–Crippen MR) is 60.1 cm³/mol. The Kier molecular flexibility index (Phi) is 4.23. The first-order valence-electron chi connectivity index (χ1n) is 5.11. The number of aryl methyl sites for hydroxylation is 1. The van der Waals surface area contributed by atoms with Crippen LogP contribution in [0.3, 0.4) is 0 Å². The Labute approximate surface area is 98.6 Å². The van der Waals surface area contributed by atoms with Crippen molar-refractivity contribution in [1.29, 1.82) is 0 Å². The number of rotatable bonds is 4. The average Bonchev–Trinajstić information content (AvgIpc) is 2.28. The summed E-state index contributed by atoms with van der Waals surface area (Å²) < 4.78 is 4.90. The van der Waals surface area contributed by atoms with Gasteiger partial charge in [-0.05, 0) is 37.6 Å². The van der Waals surface area contributed by atoms with Crippen molar-refractivity contribution in [3.05, 3.63) is 34.9 Å². The quantitative estimate of drug-likeness (QED) is 0.771. The smallest absolute Gasteiger partial charge is 0.338 e. The fourth-order valence-corrected chi connectivity index (χ4v) is 1.32. The number of benzene rings is 1. The number of hydrogen-bond acceptors (Lipinski definition) is 4. The maximum absolute atomic E-state index is 11.6. The highest BCUT2D eigenvalue weighted by molar-refractivity contribution is 5.93. The third kappa shape index (κ3) is 3.29. The van der Waals surface area contributed by atoms with Gasteiger partial charge in [-0.25, -0.2) is 9.59 Å². The fourth-order valence-electron chi connectivity index (χ4n) is 1.32. The van der Waals surface area contributed by atoms with Gasteiger partial charge < -0.3 is 14.9 Å². The van der Waals surface area contributed by atoms with Crippen molar-refractivity contribution in [3.8, 4) is 0 Å². The summed E-state index contributed by atoms with van der Waals surface area (Å²) in [5.74, 6) is -1.61. The summed E-state index contributed by atoms with van der Waals surface area (Å²) in [6.45, 7) is 2.92. The van der Waals surface area contributed by atoms with E-state index in [0.29, 0.717) is 5.56 Å². The van der Waals surface area contributed by atoms with Crippen LogP contribution in [0.15, 0.2) is 18.2 Å². The molecule has 0 saturated heterocycles. The van der Waals surface area contributed by atoms with Gasteiger partial charge in [0.2, 0.25) is 0 Å². The Bertz CT molecular complexity index is 439. The third-order valence-electron chi connectivity index (χ3n) is 2.26. The number of aliphatic hydroxyl groups is 1. The topological polar surface area (TPSA) is 83.8 Å². The molecule has 0 aliphatic heterocycles. The molecule has 0 aliphatic rings. The molecule has 5 nitrogen and oxygen atoms in total. The lowest BCUT2D eigenvalue weighted by atomic mass is 10.1. The van der Waals surface area contributed by atoms with E-state index in [0.717, 1.165) is 0 Å². The van der Waals surface area contributed by atoms with Crippen LogP contribution >= 0.6 is 0 Å². The zero-order valence-electron chi connectivity index (χ0n) is 9.64. The minimum Gasteiger partial charge on any atom is -0.478 e. The zero-order valence-corrected chi connectivity index (χ0v) is 9.64. The highest BCUT2D eigenvalue weighted by Gasteiger charge is 2.14. The van der Waals surface area contributed by atoms with Crippen LogP contribution < -0.4 is 0 Å². The van der Waals surface area contributed by atoms with Crippen LogP contribution in [0.5, 0.6) is 0 Å². The lowest BCUT2D eigenvalue weighted by molar-refractivity contribution is 0.0196. The summed E-state index contributed by atoms with van der Waals surface area (Å²) in [7, 11) is 0. The first-order valence-corrected chi connectivity index (χ1v) is 5.11. The molecule has 0 bridgehead atoms. The average molecular weight is 238 g/mol. The molecule has 0 radical (unpaired) electrons. The van der Waals surface area contributed by atoms with Gasteiger partial charge in [-0.1, -0.05) is 0 Å². The van der Waals surface area contributed by atoms with E-state index in [-0.39, 0.29) is 17.7 Å². The van der Waals surface area contributed by atoms with Gasteiger partial charge in [-0.15, -0.1) is 0 Å². The van der Waals surface area contributed by atoms with Crippen LogP contribution in [0.4, 0.5) is 0 Å². The summed E-state index contributed by atoms with van der Waals surface area (Å²) in [6.07, 6.45) is -0.582. The van der Waals surface area contributed by atoms with Gasteiger partial charge in [-0.3, -0.25) is 0 Å². The number of carboxylic acids is 1. The summed E-state index contributed by atoms with van der Waals surface area (Å²) in [5.41, 5.74) is 0.910. The minimum atomic E-state index is -1.04. The number of esters is 1. The standard InChI is InChI=1S/C12H14O5/c1-7-5-9(3-4-10(7)11(14)15)12(16)17-8(2)6-13/h3-5,8,13H,6H2,1-2H3,(H,14,15). The largest absolute Gasteiger partial charge is 0.478 e. The number of ether oxygens (including phenoxy) is 1. The molecule has 1 unspecified atom stereocenters. The SMILES string of the molecule is Cc1cc(C(=O)OC(C)CO)ccc1C(=O)O. The van der Waals surface area contributed by atoms with E-state index in [1.165, 1.54) is 18.2 Å². The molecule has 0 amide bonds. The van der Waals surface area contributed by atoms with Crippen LogP contribution in [0.1, 0.15) is 33.2 Å². The van der Waals surface area contributed by atoms with E-state index in [1.807, 2.05) is 0 Å². The molecular weight excluding hydrogens is 224 g/mol. The zero-order chi connectivity index (χ0) is 13.0. The van der Waals surface area contributed by atoms with Gasteiger partial charge in [0.15, 0.2) is 0 Å². The molecule has 2 N–H and O–H groups in total. The molecule has 0 aromatic heterocycles. The molecule has 0 heterocycles. The van der Waals surface area contributed by atoms with Crippen molar-refractivity contribution in [3.63, 3.8) is 0 Å². The number of carboxylic acid groups (broad SMARTS) is 1. The maximum atomic E-state index is 11.6. The summed E-state index contributed by atoms with van der Waals surface area (Å²) in [4.78, 5) is 22.3. The van der Waals surface area contributed by atoms with Crippen molar-refractivity contribution >= 4 is 11.9 Å². The van der Waals surface area contributed by atoms with Crippen molar-refractivity contribution in [2.75, 3.05) is 6.61 Å². The van der Waals surface area contributed by atoms with Crippen LogP contribution in [0.2, 0.25) is 0 Å². The first-order chi connectivity index (χ1) is 7.95. The highest BCUT2D eigenvalue weighted by atomic mass is 16.5. The Morgan fingerprint density at radius 2 is 2.06 bits per heavy atom. The lowest BCUT2D eigenvalue weighted by Crippen LogP contribution is -2.18. The molecule has 0 fully saturated rings. The van der Waals surface area contributed by atoms with Crippen molar-refractivity contribution in [2.45, 2.75) is 20.0 Å². The van der Waals surface area contributed by atoms with E-state index >= 15 is 0 Å². The molecular formula is C12H14O5. The second-order valence-electron chi connectivity index (χ2n) is 3.73. The number of carbonyl (C=O) groups excluding carboxylic acids is 1. The van der Waals surface area contributed by atoms with Crippen LogP contribution in [0.25, 0.3) is 0 Å². The minimum absolute atomic E-state index is 0.150. The van der Waals surface area contributed by atoms with Gasteiger partial charge in [0.05, 0.1) is 17.7 Å².